The molecule has 0 unspecified atom stereocenters. The van der Waals surface area contributed by atoms with Crippen LogP contribution in [0.3, 0.4) is 0 Å². The first-order valence-corrected chi connectivity index (χ1v) is 3.35. The van der Waals surface area contributed by atoms with Crippen LogP contribution in [0.25, 0.3) is 0 Å². The van der Waals surface area contributed by atoms with Crippen molar-refractivity contribution in [2.24, 2.45) is 0 Å². The smallest absolute Gasteiger partial charge is 0.145 e. The van der Waals surface area contributed by atoms with Crippen molar-refractivity contribution in [1.82, 2.24) is 0 Å². The molecule has 1 aromatic rings. The van der Waals surface area contributed by atoms with Crippen molar-refractivity contribution < 1.29 is 4.74 Å². The van der Waals surface area contributed by atoms with E-state index < -0.39 is 0 Å². The standard InChI is InChI=1S/C5H7BOS/c1-7-5-3-8-2-4(5)6/h2-3H,6H2,1H3. The number of thiophene rings is 1. The van der Waals surface area contributed by atoms with Crippen LogP contribution in [-0.4, -0.2) is 15.0 Å². The molecule has 0 saturated heterocycles. The van der Waals surface area contributed by atoms with Crippen LogP contribution >= 0.6 is 11.3 Å². The molecule has 0 fully saturated rings. The van der Waals surface area contributed by atoms with Crippen LogP contribution in [0.15, 0.2) is 10.8 Å². The second-order valence-electron chi connectivity index (χ2n) is 1.62. The Kier molecular flexibility index (Phi) is 1.58. The number of methoxy groups -OCH3 is 1. The van der Waals surface area contributed by atoms with Gasteiger partial charge < -0.3 is 4.74 Å². The first-order valence-electron chi connectivity index (χ1n) is 2.41. The second-order valence-corrected chi connectivity index (χ2v) is 2.37. The molecule has 1 aromatic heterocycles. The largest absolute Gasteiger partial charge is 0.496 e. The number of hydrogen-bond donors (Lipinski definition) is 0. The van der Waals surface area contributed by atoms with Gasteiger partial charge in [-0.15, -0.1) is 11.3 Å². The third kappa shape index (κ3) is 0.867. The molecule has 0 radical (unpaired) electrons. The first-order chi connectivity index (χ1) is 3.84. The van der Waals surface area contributed by atoms with Gasteiger partial charge >= 0.3 is 0 Å². The van der Waals surface area contributed by atoms with Gasteiger partial charge in [-0.1, -0.05) is 0 Å². The maximum absolute atomic E-state index is 5.00. The third-order valence-corrected chi connectivity index (χ3v) is 1.87. The summed E-state index contributed by atoms with van der Waals surface area (Å²) in [6.45, 7) is 0. The van der Waals surface area contributed by atoms with E-state index in [0.29, 0.717) is 0 Å². The lowest BCUT2D eigenvalue weighted by molar-refractivity contribution is 0.420. The van der Waals surface area contributed by atoms with Crippen molar-refractivity contribution in [2.45, 2.75) is 0 Å². The summed E-state index contributed by atoms with van der Waals surface area (Å²) < 4.78 is 5.00. The maximum Gasteiger partial charge on any atom is 0.145 e. The summed E-state index contributed by atoms with van der Waals surface area (Å²) in [5.74, 6) is 0.995. The Morgan fingerprint density at radius 3 is 2.62 bits per heavy atom. The lowest BCUT2D eigenvalue weighted by Crippen LogP contribution is -2.00. The quantitative estimate of drug-likeness (QED) is 0.482. The highest BCUT2D eigenvalue weighted by atomic mass is 32.1. The Morgan fingerprint density at radius 1 is 1.62 bits per heavy atom. The van der Waals surface area contributed by atoms with E-state index in [-0.39, 0.29) is 0 Å². The zero-order valence-corrected chi connectivity index (χ0v) is 5.79. The van der Waals surface area contributed by atoms with Gasteiger partial charge in [0.1, 0.15) is 13.6 Å². The van der Waals surface area contributed by atoms with Gasteiger partial charge in [-0.25, -0.2) is 0 Å². The molecular weight excluding hydrogens is 119 g/mol. The lowest BCUT2D eigenvalue weighted by Gasteiger charge is -1.93. The minimum Gasteiger partial charge on any atom is -0.496 e. The fourth-order valence-corrected chi connectivity index (χ4v) is 1.35. The normalized spacial score (nSPS) is 9.12. The zero-order chi connectivity index (χ0) is 5.98. The molecule has 0 aromatic carbocycles. The Hall–Kier alpha value is -0.435. The molecule has 42 valence electrons. The van der Waals surface area contributed by atoms with E-state index in [9.17, 15) is 0 Å². The fraction of sp³-hybridized carbons (Fsp3) is 0.200. The Morgan fingerprint density at radius 2 is 2.38 bits per heavy atom. The topological polar surface area (TPSA) is 9.23 Å². The first kappa shape index (κ1) is 5.70. The van der Waals surface area contributed by atoms with Gasteiger partial charge in [0.05, 0.1) is 7.11 Å². The van der Waals surface area contributed by atoms with Gasteiger partial charge in [-0.05, 0) is 10.8 Å². The highest BCUT2D eigenvalue weighted by Gasteiger charge is 1.93. The lowest BCUT2D eigenvalue weighted by atomic mass is 10.0. The summed E-state index contributed by atoms with van der Waals surface area (Å²) in [6.07, 6.45) is 0. The van der Waals surface area contributed by atoms with E-state index in [1.165, 1.54) is 5.46 Å². The number of hydrogen-bond acceptors (Lipinski definition) is 2. The number of rotatable bonds is 1. The Balaban J connectivity index is 2.92. The fourth-order valence-electron chi connectivity index (χ4n) is 0.558. The van der Waals surface area contributed by atoms with Gasteiger partial charge in [0.25, 0.3) is 0 Å². The molecule has 0 N–H and O–H groups in total. The monoisotopic (exact) mass is 126 g/mol. The van der Waals surface area contributed by atoms with Crippen LogP contribution < -0.4 is 10.2 Å². The van der Waals surface area contributed by atoms with Crippen molar-refractivity contribution in [3.8, 4) is 5.75 Å². The molecule has 1 rings (SSSR count). The van der Waals surface area contributed by atoms with Crippen LogP contribution in [-0.2, 0) is 0 Å². The molecule has 0 bridgehead atoms. The van der Waals surface area contributed by atoms with E-state index in [1.807, 2.05) is 13.2 Å². The summed E-state index contributed by atoms with van der Waals surface area (Å²) in [5.41, 5.74) is 1.22. The van der Waals surface area contributed by atoms with E-state index in [1.54, 1.807) is 18.4 Å². The highest BCUT2D eigenvalue weighted by molar-refractivity contribution is 7.09. The molecule has 1 nitrogen and oxygen atoms in total. The van der Waals surface area contributed by atoms with Crippen molar-refractivity contribution in [3.05, 3.63) is 10.8 Å². The Bertz CT molecular complexity index is 173. The average Bonchev–Trinajstić information content (AvgIpc) is 2.14. The summed E-state index contributed by atoms with van der Waals surface area (Å²) in [7, 11) is 3.73. The molecule has 0 atom stereocenters. The molecule has 0 aliphatic heterocycles. The van der Waals surface area contributed by atoms with Gasteiger partial charge in [0.2, 0.25) is 0 Å². The SMILES string of the molecule is Bc1cscc1OC. The Labute approximate surface area is 53.7 Å². The van der Waals surface area contributed by atoms with Crippen molar-refractivity contribution >= 4 is 24.6 Å². The van der Waals surface area contributed by atoms with Crippen molar-refractivity contribution in [2.75, 3.05) is 7.11 Å². The summed E-state index contributed by atoms with van der Waals surface area (Å²) in [4.78, 5) is 0. The van der Waals surface area contributed by atoms with E-state index in [0.717, 1.165) is 5.75 Å². The minimum atomic E-state index is 0.995. The molecule has 0 aliphatic carbocycles. The van der Waals surface area contributed by atoms with E-state index >= 15 is 0 Å². The van der Waals surface area contributed by atoms with Gasteiger partial charge in [0.15, 0.2) is 0 Å². The zero-order valence-electron chi connectivity index (χ0n) is 4.97. The summed E-state index contributed by atoms with van der Waals surface area (Å²) in [5, 5.41) is 4.06. The van der Waals surface area contributed by atoms with Crippen LogP contribution in [0, 0.1) is 0 Å². The van der Waals surface area contributed by atoms with Gasteiger partial charge in [-0.3, -0.25) is 0 Å². The van der Waals surface area contributed by atoms with Crippen molar-refractivity contribution in [1.29, 1.82) is 0 Å². The summed E-state index contributed by atoms with van der Waals surface area (Å²) in [6, 6.07) is 0. The molecule has 1 heterocycles. The predicted molar refractivity (Wildman–Crippen MR) is 39.0 cm³/mol. The molecule has 0 saturated carbocycles. The summed E-state index contributed by atoms with van der Waals surface area (Å²) >= 11 is 1.67. The third-order valence-electron chi connectivity index (χ3n) is 1.03. The molecular formula is C5H7BOS. The highest BCUT2D eigenvalue weighted by Crippen LogP contribution is 2.09. The molecule has 0 aliphatic rings. The van der Waals surface area contributed by atoms with Crippen LogP contribution in [0.1, 0.15) is 0 Å². The maximum atomic E-state index is 5.00. The van der Waals surface area contributed by atoms with Crippen LogP contribution in [0.4, 0.5) is 0 Å². The molecule has 0 spiro atoms. The van der Waals surface area contributed by atoms with Crippen LogP contribution in [0.5, 0.6) is 5.75 Å². The predicted octanol–water partition coefficient (Wildman–Crippen LogP) is 0.0151. The van der Waals surface area contributed by atoms with Crippen LogP contribution in [0.2, 0.25) is 0 Å². The van der Waals surface area contributed by atoms with Gasteiger partial charge in [0, 0.05) is 5.38 Å². The molecule has 3 heteroatoms. The van der Waals surface area contributed by atoms with E-state index in [4.69, 9.17) is 4.74 Å². The molecule has 0 amide bonds. The van der Waals surface area contributed by atoms with E-state index in [2.05, 4.69) is 5.38 Å². The van der Waals surface area contributed by atoms with Gasteiger partial charge in [-0.2, -0.15) is 0 Å². The molecule has 8 heavy (non-hydrogen) atoms. The minimum absolute atomic E-state index is 0.995. The average molecular weight is 126 g/mol. The van der Waals surface area contributed by atoms with Crippen molar-refractivity contribution in [3.63, 3.8) is 0 Å². The second kappa shape index (κ2) is 2.22. The number of ether oxygens (including phenoxy) is 1.